The van der Waals surface area contributed by atoms with Gasteiger partial charge in [-0.1, -0.05) is 0 Å². The molecular weight excluding hydrogens is 346 g/mol. The number of nitrogens with one attached hydrogen (secondary N) is 2. The second-order valence-corrected chi connectivity index (χ2v) is 7.05. The monoisotopic (exact) mass is 363 g/mol. The van der Waals surface area contributed by atoms with Crippen LogP contribution in [0.3, 0.4) is 0 Å². The Morgan fingerprint density at radius 3 is 2.40 bits per heavy atom. The second-order valence-electron chi connectivity index (χ2n) is 5.49. The number of hydrogen-bond donors (Lipinski definition) is 3. The highest BCUT2D eigenvalue weighted by molar-refractivity contribution is 7.89. The molecule has 25 heavy (non-hydrogen) atoms. The van der Waals surface area contributed by atoms with E-state index in [1.807, 2.05) is 0 Å². The lowest BCUT2D eigenvalue weighted by Gasteiger charge is -2.15. The molecule has 1 aliphatic rings. The number of primary sulfonamides is 1. The molecule has 8 nitrogen and oxygen atoms in total. The Hall–Kier alpha value is -2.78. The van der Waals surface area contributed by atoms with Crippen LogP contribution in [0.15, 0.2) is 47.4 Å². The summed E-state index contributed by atoms with van der Waals surface area (Å²) >= 11 is 0. The van der Waals surface area contributed by atoms with Crippen molar-refractivity contribution in [3.63, 3.8) is 0 Å². The molecule has 0 saturated heterocycles. The zero-order valence-corrected chi connectivity index (χ0v) is 14.2. The summed E-state index contributed by atoms with van der Waals surface area (Å²) in [5.74, 6) is 1.01. The van der Waals surface area contributed by atoms with Crippen molar-refractivity contribution in [2.75, 3.05) is 17.4 Å². The quantitative estimate of drug-likeness (QED) is 0.740. The molecule has 0 fully saturated rings. The molecule has 0 spiro atoms. The lowest BCUT2D eigenvalue weighted by molar-refractivity contribution is -0.116. The van der Waals surface area contributed by atoms with Gasteiger partial charge in [-0.25, -0.2) is 13.6 Å². The van der Waals surface area contributed by atoms with Gasteiger partial charge in [0.1, 0.15) is 6.04 Å². The molecule has 1 unspecified atom stereocenters. The number of fused-ring (bicyclic) bond motifs is 1. The molecule has 0 saturated carbocycles. The fraction of sp³-hybridized carbons (Fsp3) is 0.188. The first-order valence-corrected chi connectivity index (χ1v) is 8.97. The molecule has 1 atom stereocenters. The second kappa shape index (κ2) is 6.61. The number of amides is 1. The van der Waals surface area contributed by atoms with E-state index in [0.717, 1.165) is 5.69 Å². The van der Waals surface area contributed by atoms with Crippen molar-refractivity contribution in [1.29, 1.82) is 0 Å². The number of sulfonamides is 1. The summed E-state index contributed by atoms with van der Waals surface area (Å²) in [6.07, 6.45) is 0. The highest BCUT2D eigenvalue weighted by Gasteiger charge is 2.17. The molecule has 1 aliphatic heterocycles. The van der Waals surface area contributed by atoms with Gasteiger partial charge in [0.25, 0.3) is 0 Å². The van der Waals surface area contributed by atoms with Gasteiger partial charge in [0, 0.05) is 17.4 Å². The third kappa shape index (κ3) is 4.01. The van der Waals surface area contributed by atoms with Gasteiger partial charge in [-0.3, -0.25) is 4.79 Å². The van der Waals surface area contributed by atoms with Crippen LogP contribution in [0, 0.1) is 0 Å². The summed E-state index contributed by atoms with van der Waals surface area (Å²) in [5.41, 5.74) is 1.19. The van der Waals surface area contributed by atoms with Crippen molar-refractivity contribution in [3.05, 3.63) is 42.5 Å². The first-order valence-electron chi connectivity index (χ1n) is 7.43. The van der Waals surface area contributed by atoms with Crippen molar-refractivity contribution in [2.45, 2.75) is 17.9 Å². The third-order valence-electron chi connectivity index (χ3n) is 3.60. The first kappa shape index (κ1) is 17.1. The van der Waals surface area contributed by atoms with E-state index in [1.54, 1.807) is 25.1 Å². The van der Waals surface area contributed by atoms with Gasteiger partial charge < -0.3 is 20.1 Å². The Kier molecular flexibility index (Phi) is 4.51. The number of ether oxygens (including phenoxy) is 2. The predicted octanol–water partition coefficient (Wildman–Crippen LogP) is 1.50. The maximum Gasteiger partial charge on any atom is 0.246 e. The van der Waals surface area contributed by atoms with Crippen LogP contribution in [0.1, 0.15) is 6.92 Å². The minimum absolute atomic E-state index is 0.0166. The van der Waals surface area contributed by atoms with E-state index in [-0.39, 0.29) is 17.6 Å². The van der Waals surface area contributed by atoms with E-state index in [2.05, 4.69) is 10.6 Å². The standard InChI is InChI=1S/C16H17N3O5S/c1-10(18-12-4-7-14-15(8-12)24-9-23-14)16(20)19-11-2-5-13(6-3-11)25(17,21)22/h2-8,10,18H,9H2,1H3,(H,19,20)(H2,17,21,22). The van der Waals surface area contributed by atoms with Gasteiger partial charge in [-0.15, -0.1) is 0 Å². The largest absolute Gasteiger partial charge is 0.454 e. The van der Waals surface area contributed by atoms with Gasteiger partial charge in [-0.2, -0.15) is 0 Å². The van der Waals surface area contributed by atoms with Crippen molar-refractivity contribution >= 4 is 27.3 Å². The highest BCUT2D eigenvalue weighted by Crippen LogP contribution is 2.34. The van der Waals surface area contributed by atoms with Crippen LogP contribution in [0.25, 0.3) is 0 Å². The zero-order chi connectivity index (χ0) is 18.0. The summed E-state index contributed by atoms with van der Waals surface area (Å²) in [5, 5.41) is 10.8. The molecule has 2 aromatic rings. The lowest BCUT2D eigenvalue weighted by atomic mass is 10.2. The maximum absolute atomic E-state index is 12.3. The van der Waals surface area contributed by atoms with Crippen LogP contribution in [-0.2, 0) is 14.8 Å². The molecule has 0 aromatic heterocycles. The maximum atomic E-state index is 12.3. The van der Waals surface area contributed by atoms with Crippen LogP contribution < -0.4 is 25.2 Å². The molecule has 0 aliphatic carbocycles. The number of rotatable bonds is 5. The van der Waals surface area contributed by atoms with Gasteiger partial charge in [-0.05, 0) is 43.3 Å². The molecule has 2 aromatic carbocycles. The molecule has 9 heteroatoms. The Bertz CT molecular complexity index is 896. The Balaban J connectivity index is 1.62. The summed E-state index contributed by atoms with van der Waals surface area (Å²) < 4.78 is 33.0. The van der Waals surface area contributed by atoms with E-state index in [0.29, 0.717) is 17.2 Å². The van der Waals surface area contributed by atoms with Gasteiger partial charge in [0.05, 0.1) is 4.90 Å². The summed E-state index contributed by atoms with van der Waals surface area (Å²) in [6, 6.07) is 10.4. The summed E-state index contributed by atoms with van der Waals surface area (Å²) in [4.78, 5) is 12.2. The Morgan fingerprint density at radius 1 is 1.08 bits per heavy atom. The molecule has 1 amide bonds. The number of anilines is 2. The number of benzene rings is 2. The molecule has 0 radical (unpaired) electrons. The molecule has 1 heterocycles. The lowest BCUT2D eigenvalue weighted by Crippen LogP contribution is -2.31. The topological polar surface area (TPSA) is 120 Å². The van der Waals surface area contributed by atoms with Crippen LogP contribution in [0.4, 0.5) is 11.4 Å². The normalized spacial score (nSPS) is 14.0. The summed E-state index contributed by atoms with van der Waals surface area (Å²) in [6.45, 7) is 1.89. The molecule has 3 rings (SSSR count). The number of carbonyl (C=O) groups is 1. The minimum Gasteiger partial charge on any atom is -0.454 e. The molecular formula is C16H17N3O5S. The van der Waals surface area contributed by atoms with Crippen LogP contribution in [0.2, 0.25) is 0 Å². The molecule has 0 bridgehead atoms. The highest BCUT2D eigenvalue weighted by atomic mass is 32.2. The van der Waals surface area contributed by atoms with Gasteiger partial charge >= 0.3 is 0 Å². The Morgan fingerprint density at radius 2 is 1.72 bits per heavy atom. The van der Waals surface area contributed by atoms with Crippen molar-refractivity contribution in [3.8, 4) is 11.5 Å². The zero-order valence-electron chi connectivity index (χ0n) is 13.4. The van der Waals surface area contributed by atoms with Crippen molar-refractivity contribution in [2.24, 2.45) is 5.14 Å². The average Bonchev–Trinajstić information content (AvgIpc) is 3.02. The minimum atomic E-state index is -3.76. The van der Waals surface area contributed by atoms with E-state index in [9.17, 15) is 13.2 Å². The van der Waals surface area contributed by atoms with Crippen LogP contribution in [-0.4, -0.2) is 27.2 Å². The van der Waals surface area contributed by atoms with Crippen molar-refractivity contribution < 1.29 is 22.7 Å². The SMILES string of the molecule is CC(Nc1ccc2c(c1)OCO2)C(=O)Nc1ccc(S(N)(=O)=O)cc1. The van der Waals surface area contributed by atoms with E-state index >= 15 is 0 Å². The van der Waals surface area contributed by atoms with Crippen molar-refractivity contribution in [1.82, 2.24) is 0 Å². The fourth-order valence-electron chi connectivity index (χ4n) is 2.28. The van der Waals surface area contributed by atoms with Crippen LogP contribution in [0.5, 0.6) is 11.5 Å². The molecule has 132 valence electrons. The number of hydrogen-bond acceptors (Lipinski definition) is 6. The molecule has 4 N–H and O–H groups in total. The summed E-state index contributed by atoms with van der Waals surface area (Å²) in [7, 11) is -3.76. The first-order chi connectivity index (χ1) is 11.8. The number of carbonyl (C=O) groups excluding carboxylic acids is 1. The number of nitrogens with two attached hydrogens (primary N) is 1. The van der Waals surface area contributed by atoms with Gasteiger partial charge in [0.15, 0.2) is 11.5 Å². The van der Waals surface area contributed by atoms with E-state index < -0.39 is 16.1 Å². The van der Waals surface area contributed by atoms with E-state index in [1.165, 1.54) is 24.3 Å². The smallest absolute Gasteiger partial charge is 0.246 e. The predicted molar refractivity (Wildman–Crippen MR) is 92.1 cm³/mol. The average molecular weight is 363 g/mol. The van der Waals surface area contributed by atoms with Gasteiger partial charge in [0.2, 0.25) is 22.7 Å². The van der Waals surface area contributed by atoms with E-state index in [4.69, 9.17) is 14.6 Å². The fourth-order valence-corrected chi connectivity index (χ4v) is 2.80. The Labute approximate surface area is 145 Å². The van der Waals surface area contributed by atoms with Crippen LogP contribution >= 0.6 is 0 Å². The third-order valence-corrected chi connectivity index (χ3v) is 4.53.